The molecule has 0 saturated carbocycles. The van der Waals surface area contributed by atoms with Crippen LogP contribution in [0.15, 0.2) is 121 Å². The summed E-state index contributed by atoms with van der Waals surface area (Å²) in [5, 5.41) is 0. The highest BCUT2D eigenvalue weighted by Gasteiger charge is 2.28. The zero-order chi connectivity index (χ0) is 54.7. The second kappa shape index (κ2) is 18.3. The number of nitrogens with zero attached hydrogens (tertiary/aromatic N) is 2. The Bertz CT molecular complexity index is 3600. The van der Waals surface area contributed by atoms with E-state index in [0.717, 1.165) is 89.4 Å². The van der Waals surface area contributed by atoms with E-state index >= 15 is 0 Å². The fraction of sp³-hybridized carbons (Fsp3) is 0.333. The molecule has 4 aliphatic rings. The third kappa shape index (κ3) is 10.2. The summed E-state index contributed by atoms with van der Waals surface area (Å²) >= 11 is 0. The van der Waals surface area contributed by atoms with E-state index < -0.39 is 0 Å². The number of hydrogen-bond acceptors (Lipinski definition) is 2. The zero-order valence-electron chi connectivity index (χ0n) is 48.8. The number of hydrogen-bond donors (Lipinski definition) is 2. The molecule has 4 heteroatoms. The van der Waals surface area contributed by atoms with Crippen molar-refractivity contribution in [3.05, 3.63) is 177 Å². The van der Waals surface area contributed by atoms with Crippen molar-refractivity contribution in [3.63, 3.8) is 0 Å². The van der Waals surface area contributed by atoms with Gasteiger partial charge in [-0.1, -0.05) is 222 Å². The van der Waals surface area contributed by atoms with Crippen LogP contribution in [0.1, 0.15) is 181 Å². The van der Waals surface area contributed by atoms with Crippen molar-refractivity contribution in [3.8, 4) is 55.6 Å². The van der Waals surface area contributed by atoms with Crippen LogP contribution in [0, 0.1) is 0 Å². The molecule has 3 aromatic heterocycles. The Balaban J connectivity index is 1.43. The highest BCUT2D eigenvalue weighted by molar-refractivity contribution is 6.00. The molecule has 10 rings (SSSR count). The Labute approximate surface area is 454 Å². The van der Waals surface area contributed by atoms with Gasteiger partial charge in [0.05, 0.1) is 22.8 Å². The molecule has 0 saturated heterocycles. The Morgan fingerprint density at radius 1 is 0.250 bits per heavy atom. The summed E-state index contributed by atoms with van der Waals surface area (Å²) in [6.07, 6.45) is 8.94. The topological polar surface area (TPSA) is 57.4 Å². The van der Waals surface area contributed by atoms with E-state index in [1.165, 1.54) is 44.5 Å². The summed E-state index contributed by atoms with van der Waals surface area (Å²) in [6.45, 7) is 41.7. The predicted octanol–water partition coefficient (Wildman–Crippen LogP) is 20.2. The molecule has 6 aromatic rings. The van der Waals surface area contributed by atoms with Gasteiger partial charge in [0.2, 0.25) is 0 Å². The average molecular weight is 1000 g/mol. The quantitative estimate of drug-likeness (QED) is 0.185. The van der Waals surface area contributed by atoms with Crippen molar-refractivity contribution in [2.24, 2.45) is 0 Å². The summed E-state index contributed by atoms with van der Waals surface area (Å²) in [5.41, 5.74) is 25.9. The van der Waals surface area contributed by atoms with Crippen LogP contribution in [0.25, 0.3) is 102 Å². The van der Waals surface area contributed by atoms with Crippen LogP contribution in [-0.2, 0) is 32.5 Å². The van der Waals surface area contributed by atoms with E-state index in [2.05, 4.69) is 280 Å². The van der Waals surface area contributed by atoms with Crippen LogP contribution in [0.5, 0.6) is 0 Å². The van der Waals surface area contributed by atoms with Gasteiger partial charge in [-0.15, -0.1) is 0 Å². The minimum Gasteiger partial charge on any atom is -0.354 e. The zero-order valence-corrected chi connectivity index (χ0v) is 48.8. The molecule has 0 radical (unpaired) electrons. The Kier molecular flexibility index (Phi) is 12.6. The van der Waals surface area contributed by atoms with Crippen LogP contribution >= 0.6 is 0 Å². The lowest BCUT2D eigenvalue weighted by molar-refractivity contribution is 0.568. The van der Waals surface area contributed by atoms with Crippen molar-refractivity contribution in [1.29, 1.82) is 0 Å². The first-order valence-electron chi connectivity index (χ1n) is 27.5. The highest BCUT2D eigenvalue weighted by Crippen LogP contribution is 2.44. The lowest BCUT2D eigenvalue weighted by Gasteiger charge is -2.26. The van der Waals surface area contributed by atoms with Crippen molar-refractivity contribution >= 4 is 46.4 Å². The number of rotatable bonds is 4. The van der Waals surface area contributed by atoms with E-state index in [0.29, 0.717) is 0 Å². The second-order valence-corrected chi connectivity index (χ2v) is 28.0. The predicted molar refractivity (Wildman–Crippen MR) is 329 cm³/mol. The van der Waals surface area contributed by atoms with Gasteiger partial charge in [-0.05, 0) is 148 Å². The molecule has 2 aliphatic carbocycles. The Morgan fingerprint density at radius 2 is 0.474 bits per heavy atom. The first-order valence-corrected chi connectivity index (χ1v) is 27.5. The normalized spacial score (nSPS) is 13.6. The van der Waals surface area contributed by atoms with Gasteiger partial charge >= 0.3 is 0 Å². The van der Waals surface area contributed by atoms with Crippen LogP contribution in [0.2, 0.25) is 0 Å². The summed E-state index contributed by atoms with van der Waals surface area (Å²) in [4.78, 5) is 19.8. The molecule has 2 N–H and O–H groups in total. The minimum atomic E-state index is -0.0942. The third-order valence-corrected chi connectivity index (χ3v) is 15.7. The summed E-state index contributed by atoms with van der Waals surface area (Å²) in [7, 11) is 0. The lowest BCUT2D eigenvalue weighted by Crippen LogP contribution is -2.16. The van der Waals surface area contributed by atoms with Crippen molar-refractivity contribution in [2.75, 3.05) is 0 Å². The maximum absolute atomic E-state index is 5.83. The molecule has 76 heavy (non-hydrogen) atoms. The minimum absolute atomic E-state index is 0.0917. The molecule has 0 fully saturated rings. The summed E-state index contributed by atoms with van der Waals surface area (Å²) < 4.78 is 0. The van der Waals surface area contributed by atoms with Crippen LogP contribution in [0.4, 0.5) is 0 Å². The molecule has 388 valence electrons. The smallest absolute Gasteiger partial charge is 0.0737 e. The molecule has 0 unspecified atom stereocenters. The maximum Gasteiger partial charge on any atom is 0.0737 e. The van der Waals surface area contributed by atoms with E-state index in [-0.39, 0.29) is 32.5 Å². The largest absolute Gasteiger partial charge is 0.354 e. The molecule has 0 spiro atoms. The van der Waals surface area contributed by atoms with Gasteiger partial charge in [0.15, 0.2) is 0 Å². The second-order valence-electron chi connectivity index (χ2n) is 28.0. The van der Waals surface area contributed by atoms with Crippen LogP contribution in [0.3, 0.4) is 0 Å². The first kappa shape index (κ1) is 52.4. The van der Waals surface area contributed by atoms with Gasteiger partial charge in [-0.3, -0.25) is 0 Å². The van der Waals surface area contributed by atoms with Gasteiger partial charge in [0.1, 0.15) is 0 Å². The van der Waals surface area contributed by atoms with E-state index in [1.54, 1.807) is 0 Å². The van der Waals surface area contributed by atoms with Gasteiger partial charge < -0.3 is 9.97 Å². The molecular formula is C72H80N4. The fourth-order valence-corrected chi connectivity index (χ4v) is 10.7. The van der Waals surface area contributed by atoms with Crippen LogP contribution < -0.4 is 0 Å². The molecule has 0 atom stereocenters. The van der Waals surface area contributed by atoms with Gasteiger partial charge in [-0.2, -0.15) is 0 Å². The molecular weight excluding hydrogens is 921 g/mol. The van der Waals surface area contributed by atoms with E-state index in [9.17, 15) is 0 Å². The number of fused-ring (bicyclic) bond motifs is 9. The SMILES string of the molecule is CC(C)(C)c1cc(-c2c3nc(c(-c4cc(C(C)(C)C)cc(C(C)(C)C)c4)c4ccc([nH]4)c(-c4cc(C(C)(C)C)cc(C(C)(C)C)c4)c4nc(c(-c5ccc6cccc-6cc5)c5ccc2[nH]5)C=C4)C=C3)cc(C(C)(C)C)c1. The average Bonchev–Trinajstić information content (AvgIpc) is 4.22. The van der Waals surface area contributed by atoms with Gasteiger partial charge in [0.25, 0.3) is 0 Å². The monoisotopic (exact) mass is 1000 g/mol. The standard InChI is InChI=1S/C72H80N4/c1-67(2,3)49-34-46(35-50(40-49)68(4,5)6)64-57-28-26-55(73-57)63(45-24-22-43-20-19-21-44(43)23-25-45)56-27-29-58(74-56)65(47-36-51(69(7,8)9)41-52(37-47)70(10,11)12)60-31-33-62(76-60)66(61-32-30-59(64)75-61)48-38-53(71(13,14)15)42-54(39-48)72(16,17)18/h19-42,73,76H,1-18H3. The first-order chi connectivity index (χ1) is 35.4. The summed E-state index contributed by atoms with van der Waals surface area (Å²) in [5.74, 6) is 0. The number of H-pyrrole nitrogens is 2. The summed E-state index contributed by atoms with van der Waals surface area (Å²) in [6, 6.07) is 46.2. The lowest BCUT2D eigenvalue weighted by atomic mass is 9.78. The number of benzene rings is 3. The van der Waals surface area contributed by atoms with Crippen LogP contribution in [-0.4, -0.2) is 19.9 Å². The number of nitrogens with one attached hydrogen (secondary N) is 2. The van der Waals surface area contributed by atoms with Gasteiger partial charge in [-0.25, -0.2) is 9.97 Å². The third-order valence-electron chi connectivity index (χ3n) is 15.7. The molecule has 0 amide bonds. The molecule has 4 nitrogen and oxygen atoms in total. The van der Waals surface area contributed by atoms with Crippen molar-refractivity contribution in [2.45, 2.75) is 157 Å². The fourth-order valence-electron chi connectivity index (χ4n) is 10.7. The number of aromatic nitrogens is 4. The van der Waals surface area contributed by atoms with E-state index in [1.807, 2.05) is 0 Å². The van der Waals surface area contributed by atoms with Crippen molar-refractivity contribution in [1.82, 2.24) is 19.9 Å². The maximum atomic E-state index is 5.83. The molecule has 8 bridgehead atoms. The highest BCUT2D eigenvalue weighted by atomic mass is 14.8. The molecule has 5 heterocycles. The van der Waals surface area contributed by atoms with Gasteiger partial charge in [0, 0.05) is 44.3 Å². The molecule has 2 aliphatic heterocycles. The number of aromatic amines is 2. The Hall–Kier alpha value is -7.04. The van der Waals surface area contributed by atoms with Crippen molar-refractivity contribution < 1.29 is 0 Å². The Morgan fingerprint density at radius 3 is 0.711 bits per heavy atom. The van der Waals surface area contributed by atoms with E-state index in [4.69, 9.17) is 9.97 Å². The molecule has 3 aromatic carbocycles.